The Balaban J connectivity index is 0. The molecule has 4 heteroatoms. The van der Waals surface area contributed by atoms with Crippen molar-refractivity contribution in [2.45, 2.75) is 32.6 Å². The number of nitrogens with zero attached hydrogens (tertiary/aromatic N) is 1. The van der Waals surface area contributed by atoms with Crippen molar-refractivity contribution in [1.29, 1.82) is 0 Å². The van der Waals surface area contributed by atoms with E-state index in [0.717, 1.165) is 12.5 Å². The minimum Gasteiger partial charge on any atom is -0.330 e. The van der Waals surface area contributed by atoms with E-state index in [-0.39, 0.29) is 24.8 Å². The first-order valence-electron chi connectivity index (χ1n) is 5.29. The maximum atomic E-state index is 5.63. The van der Waals surface area contributed by atoms with Gasteiger partial charge in [-0.3, -0.25) is 0 Å². The van der Waals surface area contributed by atoms with Crippen LogP contribution in [-0.4, -0.2) is 31.1 Å². The molecule has 0 radical (unpaired) electrons. The van der Waals surface area contributed by atoms with Gasteiger partial charge in [-0.25, -0.2) is 0 Å². The Bertz CT molecular complexity index is 115. The Kier molecular flexibility index (Phi) is 12.1. The van der Waals surface area contributed by atoms with Crippen LogP contribution in [0.5, 0.6) is 0 Å². The van der Waals surface area contributed by atoms with Crippen molar-refractivity contribution < 1.29 is 0 Å². The molecule has 0 saturated carbocycles. The molecular formula is C10H24Cl2N2. The summed E-state index contributed by atoms with van der Waals surface area (Å²) in [6, 6.07) is 0. The molecule has 0 unspecified atom stereocenters. The minimum absolute atomic E-state index is 0. The van der Waals surface area contributed by atoms with E-state index in [1.54, 1.807) is 0 Å². The van der Waals surface area contributed by atoms with Crippen LogP contribution in [0.3, 0.4) is 0 Å². The largest absolute Gasteiger partial charge is 0.330 e. The number of hydrogen-bond donors (Lipinski definition) is 1. The summed E-state index contributed by atoms with van der Waals surface area (Å²) >= 11 is 0. The minimum atomic E-state index is 0. The van der Waals surface area contributed by atoms with Crippen molar-refractivity contribution >= 4 is 24.8 Å². The van der Waals surface area contributed by atoms with Crippen LogP contribution < -0.4 is 5.73 Å². The average Bonchev–Trinajstić information content (AvgIpc) is 2.15. The van der Waals surface area contributed by atoms with Gasteiger partial charge < -0.3 is 10.6 Å². The summed E-state index contributed by atoms with van der Waals surface area (Å²) in [6.07, 6.45) is 5.31. The van der Waals surface area contributed by atoms with Crippen LogP contribution in [0.1, 0.15) is 32.6 Å². The van der Waals surface area contributed by atoms with Gasteiger partial charge in [0, 0.05) is 0 Å². The second-order valence-electron chi connectivity index (χ2n) is 3.87. The Hall–Kier alpha value is 0.500. The Morgan fingerprint density at radius 1 is 1.21 bits per heavy atom. The number of likely N-dealkylation sites (tertiary alicyclic amines) is 1. The summed E-state index contributed by atoms with van der Waals surface area (Å²) in [6.45, 7) is 7.01. The lowest BCUT2D eigenvalue weighted by Gasteiger charge is -2.31. The van der Waals surface area contributed by atoms with Crippen molar-refractivity contribution in [3.8, 4) is 0 Å². The fourth-order valence-corrected chi connectivity index (χ4v) is 1.83. The second kappa shape index (κ2) is 10.0. The van der Waals surface area contributed by atoms with Gasteiger partial charge in [0.25, 0.3) is 0 Å². The number of hydrogen-bond acceptors (Lipinski definition) is 2. The van der Waals surface area contributed by atoms with Crippen molar-refractivity contribution in [3.63, 3.8) is 0 Å². The average molecular weight is 243 g/mol. The quantitative estimate of drug-likeness (QED) is 0.820. The van der Waals surface area contributed by atoms with Gasteiger partial charge >= 0.3 is 0 Å². The van der Waals surface area contributed by atoms with E-state index in [0.29, 0.717) is 0 Å². The Labute approximate surface area is 100 Å². The predicted molar refractivity (Wildman–Crippen MR) is 67.6 cm³/mol. The molecule has 0 aromatic carbocycles. The van der Waals surface area contributed by atoms with Gasteiger partial charge in [-0.2, -0.15) is 0 Å². The molecule has 88 valence electrons. The normalized spacial score (nSPS) is 18.4. The molecule has 2 N–H and O–H groups in total. The summed E-state index contributed by atoms with van der Waals surface area (Å²) in [5.74, 6) is 0.808. The molecule has 1 rings (SSSR count). The standard InChI is InChI=1S/C10H22N2.2ClH/c1-2-3-6-12-7-4-10(9-11)5-8-12;;/h10H,2-9,11H2,1H3;2*1H. The van der Waals surface area contributed by atoms with E-state index < -0.39 is 0 Å². The van der Waals surface area contributed by atoms with Gasteiger partial charge in [0.2, 0.25) is 0 Å². The number of nitrogens with two attached hydrogens (primary N) is 1. The molecule has 1 heterocycles. The van der Waals surface area contributed by atoms with E-state index in [1.807, 2.05) is 0 Å². The first-order chi connectivity index (χ1) is 5.86. The molecule has 1 aliphatic rings. The van der Waals surface area contributed by atoms with Crippen LogP contribution in [0.2, 0.25) is 0 Å². The predicted octanol–water partition coefficient (Wildman–Crippen LogP) is 2.30. The molecular weight excluding hydrogens is 219 g/mol. The number of rotatable bonds is 4. The van der Waals surface area contributed by atoms with Crippen molar-refractivity contribution in [3.05, 3.63) is 0 Å². The van der Waals surface area contributed by atoms with Crippen LogP contribution >= 0.6 is 24.8 Å². The number of piperidine rings is 1. The van der Waals surface area contributed by atoms with E-state index >= 15 is 0 Å². The fraction of sp³-hybridized carbons (Fsp3) is 1.00. The lowest BCUT2D eigenvalue weighted by molar-refractivity contribution is 0.185. The SMILES string of the molecule is CCCCN1CCC(CN)CC1.Cl.Cl. The van der Waals surface area contributed by atoms with E-state index in [2.05, 4.69) is 11.8 Å². The smallest absolute Gasteiger partial charge is 0.00156 e. The highest BCUT2D eigenvalue weighted by atomic mass is 35.5. The summed E-state index contributed by atoms with van der Waals surface area (Å²) < 4.78 is 0. The highest BCUT2D eigenvalue weighted by Crippen LogP contribution is 2.15. The van der Waals surface area contributed by atoms with Gasteiger partial charge in [0.05, 0.1) is 0 Å². The van der Waals surface area contributed by atoms with E-state index in [4.69, 9.17) is 5.73 Å². The molecule has 1 saturated heterocycles. The van der Waals surface area contributed by atoms with Gasteiger partial charge in [0.1, 0.15) is 0 Å². The molecule has 0 spiro atoms. The second-order valence-corrected chi connectivity index (χ2v) is 3.87. The molecule has 0 aromatic heterocycles. The zero-order chi connectivity index (χ0) is 8.81. The third-order valence-electron chi connectivity index (χ3n) is 2.87. The van der Waals surface area contributed by atoms with Crippen molar-refractivity contribution in [2.24, 2.45) is 11.7 Å². The number of unbranched alkanes of at least 4 members (excludes halogenated alkanes) is 1. The first-order valence-corrected chi connectivity index (χ1v) is 5.29. The molecule has 1 aliphatic heterocycles. The Morgan fingerprint density at radius 3 is 2.21 bits per heavy atom. The zero-order valence-corrected chi connectivity index (χ0v) is 10.7. The molecule has 14 heavy (non-hydrogen) atoms. The van der Waals surface area contributed by atoms with Crippen molar-refractivity contribution in [1.82, 2.24) is 4.90 Å². The third-order valence-corrected chi connectivity index (χ3v) is 2.87. The van der Waals surface area contributed by atoms with Crippen LogP contribution in [0.15, 0.2) is 0 Å². The van der Waals surface area contributed by atoms with E-state index in [1.165, 1.54) is 45.3 Å². The maximum Gasteiger partial charge on any atom is -0.00156 e. The van der Waals surface area contributed by atoms with Gasteiger partial charge in [-0.15, -0.1) is 24.8 Å². The fourth-order valence-electron chi connectivity index (χ4n) is 1.83. The monoisotopic (exact) mass is 242 g/mol. The molecule has 0 bridgehead atoms. The topological polar surface area (TPSA) is 29.3 Å². The first kappa shape index (κ1) is 16.9. The molecule has 0 atom stereocenters. The molecule has 0 aliphatic carbocycles. The summed E-state index contributed by atoms with van der Waals surface area (Å²) in [7, 11) is 0. The zero-order valence-electron chi connectivity index (χ0n) is 9.08. The van der Waals surface area contributed by atoms with Crippen molar-refractivity contribution in [2.75, 3.05) is 26.2 Å². The van der Waals surface area contributed by atoms with Gasteiger partial charge in [0.15, 0.2) is 0 Å². The van der Waals surface area contributed by atoms with Crippen LogP contribution in [0, 0.1) is 5.92 Å². The van der Waals surface area contributed by atoms with Gasteiger partial charge in [-0.1, -0.05) is 13.3 Å². The maximum absolute atomic E-state index is 5.63. The molecule has 1 fully saturated rings. The van der Waals surface area contributed by atoms with Crippen LogP contribution in [0.25, 0.3) is 0 Å². The highest BCUT2D eigenvalue weighted by molar-refractivity contribution is 5.85. The molecule has 2 nitrogen and oxygen atoms in total. The Morgan fingerprint density at radius 2 is 1.79 bits per heavy atom. The summed E-state index contributed by atoms with van der Waals surface area (Å²) in [4.78, 5) is 2.58. The van der Waals surface area contributed by atoms with Gasteiger partial charge in [-0.05, 0) is 51.4 Å². The lowest BCUT2D eigenvalue weighted by Crippen LogP contribution is -2.36. The van der Waals surface area contributed by atoms with Crippen LogP contribution in [-0.2, 0) is 0 Å². The third kappa shape index (κ3) is 6.07. The lowest BCUT2D eigenvalue weighted by atomic mass is 9.97. The van der Waals surface area contributed by atoms with E-state index in [9.17, 15) is 0 Å². The number of halogens is 2. The summed E-state index contributed by atoms with van der Waals surface area (Å²) in [5, 5.41) is 0. The molecule has 0 amide bonds. The van der Waals surface area contributed by atoms with Crippen LogP contribution in [0.4, 0.5) is 0 Å². The molecule has 0 aromatic rings. The summed E-state index contributed by atoms with van der Waals surface area (Å²) in [5.41, 5.74) is 5.63. The highest BCUT2D eigenvalue weighted by Gasteiger charge is 2.16.